The standard InChI is InChI=1S/C8H13NO/c1-3-7-4-5-8(10)9-6(7)2/h3-5H2,1-2H3,(H,9,10). The van der Waals surface area contributed by atoms with Gasteiger partial charge in [0, 0.05) is 12.1 Å². The van der Waals surface area contributed by atoms with Gasteiger partial charge in [-0.05, 0) is 19.8 Å². The largest absolute Gasteiger partial charge is 0.330 e. The summed E-state index contributed by atoms with van der Waals surface area (Å²) in [6.07, 6.45) is 2.68. The number of allylic oxidation sites excluding steroid dienone is 2. The van der Waals surface area contributed by atoms with E-state index in [1.54, 1.807) is 0 Å². The highest BCUT2D eigenvalue weighted by Gasteiger charge is 2.12. The van der Waals surface area contributed by atoms with Crippen molar-refractivity contribution < 1.29 is 4.79 Å². The molecule has 1 amide bonds. The Morgan fingerprint density at radius 1 is 1.50 bits per heavy atom. The van der Waals surface area contributed by atoms with Crippen LogP contribution >= 0.6 is 0 Å². The fourth-order valence-corrected chi connectivity index (χ4v) is 1.25. The van der Waals surface area contributed by atoms with Crippen molar-refractivity contribution in [1.82, 2.24) is 5.32 Å². The van der Waals surface area contributed by atoms with Crippen LogP contribution in [0.1, 0.15) is 33.1 Å². The number of carbonyl (C=O) groups is 1. The number of carbonyl (C=O) groups excluding carboxylic acids is 1. The van der Waals surface area contributed by atoms with Crippen LogP contribution in [0.4, 0.5) is 0 Å². The summed E-state index contributed by atoms with van der Waals surface area (Å²) in [5, 5.41) is 2.82. The Labute approximate surface area is 61.3 Å². The van der Waals surface area contributed by atoms with Crippen LogP contribution in [0.2, 0.25) is 0 Å². The maximum atomic E-state index is 10.8. The summed E-state index contributed by atoms with van der Waals surface area (Å²) in [5.74, 6) is 0.162. The van der Waals surface area contributed by atoms with E-state index >= 15 is 0 Å². The molecule has 0 unspecified atom stereocenters. The van der Waals surface area contributed by atoms with Crippen LogP contribution in [0.5, 0.6) is 0 Å². The number of hydrogen-bond donors (Lipinski definition) is 1. The molecule has 0 saturated carbocycles. The first kappa shape index (κ1) is 7.32. The Kier molecular flexibility index (Phi) is 2.10. The van der Waals surface area contributed by atoms with Crippen molar-refractivity contribution >= 4 is 5.91 Å². The smallest absolute Gasteiger partial charge is 0.224 e. The minimum Gasteiger partial charge on any atom is -0.330 e. The molecular formula is C8H13NO. The van der Waals surface area contributed by atoms with Gasteiger partial charge in [0.05, 0.1) is 0 Å². The first-order valence-corrected chi connectivity index (χ1v) is 3.72. The van der Waals surface area contributed by atoms with Gasteiger partial charge in [-0.3, -0.25) is 4.79 Å². The van der Waals surface area contributed by atoms with Crippen LogP contribution < -0.4 is 5.32 Å². The van der Waals surface area contributed by atoms with Crippen LogP contribution in [-0.2, 0) is 4.79 Å². The summed E-state index contributed by atoms with van der Waals surface area (Å²) in [5.41, 5.74) is 2.46. The van der Waals surface area contributed by atoms with E-state index in [4.69, 9.17) is 0 Å². The highest BCUT2D eigenvalue weighted by atomic mass is 16.1. The molecule has 0 aromatic carbocycles. The van der Waals surface area contributed by atoms with Gasteiger partial charge in [0.15, 0.2) is 0 Å². The van der Waals surface area contributed by atoms with E-state index in [1.165, 1.54) is 5.57 Å². The fraction of sp³-hybridized carbons (Fsp3) is 0.625. The lowest BCUT2D eigenvalue weighted by Crippen LogP contribution is -2.26. The molecule has 56 valence electrons. The number of nitrogens with one attached hydrogen (secondary N) is 1. The Morgan fingerprint density at radius 3 is 2.70 bits per heavy atom. The van der Waals surface area contributed by atoms with E-state index < -0.39 is 0 Å². The zero-order chi connectivity index (χ0) is 7.56. The molecule has 1 aliphatic heterocycles. The first-order valence-electron chi connectivity index (χ1n) is 3.72. The second-order valence-electron chi connectivity index (χ2n) is 2.63. The summed E-state index contributed by atoms with van der Waals surface area (Å²) < 4.78 is 0. The van der Waals surface area contributed by atoms with Crippen LogP contribution in [0.3, 0.4) is 0 Å². The molecule has 2 heteroatoms. The van der Waals surface area contributed by atoms with Crippen molar-refractivity contribution in [3.8, 4) is 0 Å². The molecule has 0 saturated heterocycles. The molecule has 0 aliphatic carbocycles. The van der Waals surface area contributed by atoms with Crippen LogP contribution in [-0.4, -0.2) is 5.91 Å². The van der Waals surface area contributed by atoms with Crippen molar-refractivity contribution in [1.29, 1.82) is 0 Å². The molecule has 10 heavy (non-hydrogen) atoms. The van der Waals surface area contributed by atoms with Crippen molar-refractivity contribution in [3.63, 3.8) is 0 Å². The lowest BCUT2D eigenvalue weighted by Gasteiger charge is -2.16. The molecule has 0 bridgehead atoms. The zero-order valence-electron chi connectivity index (χ0n) is 6.53. The third-order valence-corrected chi connectivity index (χ3v) is 1.94. The van der Waals surface area contributed by atoms with Crippen molar-refractivity contribution in [2.45, 2.75) is 33.1 Å². The molecule has 0 radical (unpaired) electrons. The molecule has 0 atom stereocenters. The molecule has 1 aliphatic rings. The molecule has 0 aromatic rings. The van der Waals surface area contributed by atoms with Gasteiger partial charge in [0.2, 0.25) is 5.91 Å². The quantitative estimate of drug-likeness (QED) is 0.587. The lowest BCUT2D eigenvalue weighted by atomic mass is 10.0. The van der Waals surface area contributed by atoms with E-state index in [0.29, 0.717) is 6.42 Å². The fourth-order valence-electron chi connectivity index (χ4n) is 1.25. The topological polar surface area (TPSA) is 29.1 Å². The van der Waals surface area contributed by atoms with E-state index in [0.717, 1.165) is 18.5 Å². The lowest BCUT2D eigenvalue weighted by molar-refractivity contribution is -0.120. The minimum absolute atomic E-state index is 0.162. The molecule has 0 spiro atoms. The average molecular weight is 139 g/mol. The molecule has 1 N–H and O–H groups in total. The van der Waals surface area contributed by atoms with Crippen LogP contribution in [0, 0.1) is 0 Å². The minimum atomic E-state index is 0.162. The van der Waals surface area contributed by atoms with Crippen LogP contribution in [0.25, 0.3) is 0 Å². The molecule has 0 aromatic heterocycles. The highest BCUT2D eigenvalue weighted by molar-refractivity contribution is 5.79. The van der Waals surface area contributed by atoms with E-state index in [-0.39, 0.29) is 5.91 Å². The first-order chi connectivity index (χ1) is 4.74. The summed E-state index contributed by atoms with van der Waals surface area (Å²) in [6, 6.07) is 0. The summed E-state index contributed by atoms with van der Waals surface area (Å²) in [7, 11) is 0. The van der Waals surface area contributed by atoms with E-state index in [2.05, 4.69) is 12.2 Å². The summed E-state index contributed by atoms with van der Waals surface area (Å²) in [6.45, 7) is 4.09. The highest BCUT2D eigenvalue weighted by Crippen LogP contribution is 2.17. The summed E-state index contributed by atoms with van der Waals surface area (Å²) >= 11 is 0. The second kappa shape index (κ2) is 2.86. The number of hydrogen-bond acceptors (Lipinski definition) is 1. The Balaban J connectivity index is 2.70. The van der Waals surface area contributed by atoms with E-state index in [1.807, 2.05) is 6.92 Å². The number of rotatable bonds is 1. The third kappa shape index (κ3) is 1.38. The summed E-state index contributed by atoms with van der Waals surface area (Å²) in [4.78, 5) is 10.8. The third-order valence-electron chi connectivity index (χ3n) is 1.94. The number of amides is 1. The maximum absolute atomic E-state index is 10.8. The molecule has 1 rings (SSSR count). The molecule has 1 heterocycles. The SMILES string of the molecule is CCC1=C(C)NC(=O)CC1. The molecule has 0 fully saturated rings. The van der Waals surface area contributed by atoms with Gasteiger partial charge in [-0.1, -0.05) is 12.5 Å². The van der Waals surface area contributed by atoms with Gasteiger partial charge in [-0.15, -0.1) is 0 Å². The second-order valence-corrected chi connectivity index (χ2v) is 2.63. The maximum Gasteiger partial charge on any atom is 0.224 e. The predicted molar refractivity (Wildman–Crippen MR) is 40.4 cm³/mol. The van der Waals surface area contributed by atoms with Crippen molar-refractivity contribution in [2.75, 3.05) is 0 Å². The van der Waals surface area contributed by atoms with Gasteiger partial charge in [-0.25, -0.2) is 0 Å². The average Bonchev–Trinajstić information content (AvgIpc) is 1.88. The van der Waals surface area contributed by atoms with Crippen molar-refractivity contribution in [2.24, 2.45) is 0 Å². The Hall–Kier alpha value is -0.790. The monoisotopic (exact) mass is 139 g/mol. The Morgan fingerprint density at radius 2 is 2.20 bits per heavy atom. The van der Waals surface area contributed by atoms with Crippen LogP contribution in [0.15, 0.2) is 11.3 Å². The normalized spacial score (nSPS) is 19.2. The van der Waals surface area contributed by atoms with Gasteiger partial charge < -0.3 is 5.32 Å². The van der Waals surface area contributed by atoms with Gasteiger partial charge >= 0.3 is 0 Å². The predicted octanol–water partition coefficient (Wildman–Crippen LogP) is 1.58. The van der Waals surface area contributed by atoms with Gasteiger partial charge in [0.1, 0.15) is 0 Å². The Bertz CT molecular complexity index is 182. The van der Waals surface area contributed by atoms with Gasteiger partial charge in [-0.2, -0.15) is 0 Å². The van der Waals surface area contributed by atoms with E-state index in [9.17, 15) is 4.79 Å². The molecular weight excluding hydrogens is 126 g/mol. The van der Waals surface area contributed by atoms with Gasteiger partial charge in [0.25, 0.3) is 0 Å². The molecule has 2 nitrogen and oxygen atoms in total. The van der Waals surface area contributed by atoms with Crippen molar-refractivity contribution in [3.05, 3.63) is 11.3 Å². The zero-order valence-corrected chi connectivity index (χ0v) is 6.53.